The number of nitrogens with zero attached hydrogens (tertiary/aromatic N) is 3. The van der Waals surface area contributed by atoms with Gasteiger partial charge in [-0.05, 0) is 42.7 Å². The van der Waals surface area contributed by atoms with Crippen LogP contribution in [-0.4, -0.2) is 63.9 Å². The minimum atomic E-state index is -4.65. The van der Waals surface area contributed by atoms with Gasteiger partial charge in [0.25, 0.3) is 0 Å². The molecule has 2 aliphatic rings. The zero-order valence-corrected chi connectivity index (χ0v) is 23.0. The molecule has 2 atom stereocenters. The van der Waals surface area contributed by atoms with Crippen LogP contribution in [0.4, 0.5) is 30.5 Å². The number of ether oxygens (including phenoxy) is 1. The van der Waals surface area contributed by atoms with E-state index in [1.165, 1.54) is 6.07 Å². The number of halogens is 3. The number of thiophene rings is 1. The normalized spacial score (nSPS) is 19.7. The van der Waals surface area contributed by atoms with E-state index in [4.69, 9.17) is 9.84 Å². The molecule has 1 aromatic carbocycles. The summed E-state index contributed by atoms with van der Waals surface area (Å²) < 4.78 is 59.8. The van der Waals surface area contributed by atoms with Crippen molar-refractivity contribution in [1.82, 2.24) is 15.3 Å². The maximum Gasteiger partial charge on any atom is 0.420 e. The van der Waals surface area contributed by atoms with Gasteiger partial charge in [0.05, 0.1) is 51.8 Å². The van der Waals surface area contributed by atoms with Crippen LogP contribution in [0.15, 0.2) is 35.4 Å². The van der Waals surface area contributed by atoms with Gasteiger partial charge in [0.15, 0.2) is 0 Å². The van der Waals surface area contributed by atoms with Gasteiger partial charge in [-0.1, -0.05) is 6.92 Å². The Morgan fingerprint density at radius 3 is 2.92 bits per heavy atom. The summed E-state index contributed by atoms with van der Waals surface area (Å²) in [6.07, 6.45) is -2.17. The Balaban J connectivity index is 1.42. The molecule has 0 spiro atoms. The average Bonchev–Trinajstić information content (AvgIpc) is 3.53. The van der Waals surface area contributed by atoms with Crippen molar-refractivity contribution >= 4 is 39.5 Å². The van der Waals surface area contributed by atoms with Crippen molar-refractivity contribution in [2.24, 2.45) is 0 Å². The highest BCUT2D eigenvalue weighted by molar-refractivity contribution is 7.85. The van der Waals surface area contributed by atoms with Crippen molar-refractivity contribution in [3.8, 4) is 10.6 Å². The lowest BCUT2D eigenvalue weighted by atomic mass is 10.1. The van der Waals surface area contributed by atoms with Crippen LogP contribution in [0.25, 0.3) is 10.6 Å². The number of aliphatic hydroxyl groups excluding tert-OH is 1. The molecule has 0 saturated carbocycles. The molecule has 8 nitrogen and oxygen atoms in total. The number of aromatic nitrogens is 2. The molecule has 3 aromatic rings. The molecule has 1 fully saturated rings. The number of hydrogen-bond acceptors (Lipinski definition) is 9. The fourth-order valence-corrected chi connectivity index (χ4v) is 7.34. The van der Waals surface area contributed by atoms with Crippen LogP contribution in [0.2, 0.25) is 0 Å². The maximum absolute atomic E-state index is 13.9. The Bertz CT molecular complexity index is 1350. The maximum atomic E-state index is 13.9. The van der Waals surface area contributed by atoms with Crippen molar-refractivity contribution in [3.63, 3.8) is 0 Å². The first-order valence-corrected chi connectivity index (χ1v) is 14.9. The molecule has 3 N–H and O–H groups in total. The summed E-state index contributed by atoms with van der Waals surface area (Å²) in [6, 6.07) is 7.81. The van der Waals surface area contributed by atoms with Crippen LogP contribution in [0.5, 0.6) is 0 Å². The quantitative estimate of drug-likeness (QED) is 0.362. The third-order valence-corrected chi connectivity index (χ3v) is 9.44. The van der Waals surface area contributed by atoms with Crippen LogP contribution in [0.1, 0.15) is 29.3 Å². The first kappa shape index (κ1) is 28.0. The van der Waals surface area contributed by atoms with Crippen LogP contribution in [0, 0.1) is 0 Å². The van der Waals surface area contributed by atoms with E-state index in [9.17, 15) is 17.4 Å². The molecule has 13 heteroatoms. The predicted octanol–water partition coefficient (Wildman–Crippen LogP) is 4.33. The molecular formula is C26H30F3N5O3S2. The van der Waals surface area contributed by atoms with Crippen LogP contribution in [0.3, 0.4) is 0 Å². The third kappa shape index (κ3) is 6.27. The van der Waals surface area contributed by atoms with E-state index in [2.05, 4.69) is 31.6 Å². The molecule has 2 aliphatic heterocycles. The molecule has 2 unspecified atom stereocenters. The van der Waals surface area contributed by atoms with Crippen molar-refractivity contribution in [2.45, 2.75) is 43.5 Å². The van der Waals surface area contributed by atoms with E-state index in [1.807, 2.05) is 19.1 Å². The number of aryl methyl sites for hydroxylation is 1. The zero-order valence-electron chi connectivity index (χ0n) is 21.4. The topological polar surface area (TPSA) is 99.6 Å². The van der Waals surface area contributed by atoms with Crippen molar-refractivity contribution in [2.75, 3.05) is 48.8 Å². The number of benzene rings is 1. The Hall–Kier alpha value is -2.58. The molecule has 2 aromatic heterocycles. The smallest absolute Gasteiger partial charge is 0.395 e. The van der Waals surface area contributed by atoms with E-state index >= 15 is 0 Å². The van der Waals surface area contributed by atoms with Gasteiger partial charge in [0, 0.05) is 48.1 Å². The van der Waals surface area contributed by atoms with Gasteiger partial charge in [-0.2, -0.15) is 13.2 Å². The second kappa shape index (κ2) is 11.9. The van der Waals surface area contributed by atoms with Gasteiger partial charge in [-0.15, -0.1) is 11.3 Å². The largest absolute Gasteiger partial charge is 0.420 e. The molecule has 0 aliphatic carbocycles. The summed E-state index contributed by atoms with van der Waals surface area (Å²) in [6.45, 7) is 4.97. The lowest BCUT2D eigenvalue weighted by Gasteiger charge is -2.21. The fraction of sp³-hybridized carbons (Fsp3) is 0.462. The highest BCUT2D eigenvalue weighted by Crippen LogP contribution is 2.41. The Morgan fingerprint density at radius 2 is 2.15 bits per heavy atom. The highest BCUT2D eigenvalue weighted by atomic mass is 32.2. The van der Waals surface area contributed by atoms with Crippen molar-refractivity contribution < 1.29 is 27.2 Å². The van der Waals surface area contributed by atoms with Gasteiger partial charge >= 0.3 is 6.18 Å². The lowest BCUT2D eigenvalue weighted by molar-refractivity contribution is -0.137. The third-order valence-electron chi connectivity index (χ3n) is 6.80. The van der Waals surface area contributed by atoms with E-state index in [-0.39, 0.29) is 29.7 Å². The van der Waals surface area contributed by atoms with Crippen LogP contribution >= 0.6 is 11.3 Å². The molecule has 4 heterocycles. The summed E-state index contributed by atoms with van der Waals surface area (Å²) in [5, 5.41) is 15.5. The van der Waals surface area contributed by atoms with E-state index < -0.39 is 22.5 Å². The van der Waals surface area contributed by atoms with Crippen molar-refractivity contribution in [3.05, 3.63) is 46.5 Å². The van der Waals surface area contributed by atoms with Gasteiger partial charge in [0.1, 0.15) is 5.56 Å². The zero-order chi connectivity index (χ0) is 27.6. The molecule has 0 amide bonds. The number of hydrogen-bond donors (Lipinski definition) is 3. The van der Waals surface area contributed by atoms with E-state index in [1.54, 1.807) is 0 Å². The fourth-order valence-electron chi connectivity index (χ4n) is 4.81. The number of nitrogens with one attached hydrogen (secondary N) is 2. The molecule has 39 heavy (non-hydrogen) atoms. The number of rotatable bonds is 8. The Kier molecular flexibility index (Phi) is 8.52. The minimum Gasteiger partial charge on any atom is -0.395 e. The summed E-state index contributed by atoms with van der Waals surface area (Å²) in [7, 11) is -1.34. The second-order valence-electron chi connectivity index (χ2n) is 9.38. The molecule has 0 bridgehead atoms. The van der Waals surface area contributed by atoms with Gasteiger partial charge < -0.3 is 25.4 Å². The number of aliphatic hydroxyl groups is 1. The molecule has 0 radical (unpaired) electrons. The van der Waals surface area contributed by atoms with Crippen LogP contribution in [-0.2, 0) is 34.7 Å². The Labute approximate surface area is 231 Å². The SMILES string of the molecule is CCc1cc(N2CCC(NCCO)C2)ccc1Nc1ncc(C(F)(F)F)c(-c2cc3c(s2)COCCS3=O)n1. The number of alkyl halides is 3. The summed E-state index contributed by atoms with van der Waals surface area (Å²) in [5.74, 6) is 0.356. The number of fused-ring (bicyclic) bond motifs is 1. The first-order valence-electron chi connectivity index (χ1n) is 12.8. The molecule has 5 rings (SSSR count). The van der Waals surface area contributed by atoms with Gasteiger partial charge in [-0.3, -0.25) is 4.21 Å². The standard InChI is InChI=1S/C26H30F3N5O3S2/c1-2-16-11-18(34-7-5-17(14-34)30-6-8-35)3-4-20(16)32-25-31-13-19(26(27,28)29)24(33-25)21-12-23-22(38-21)15-37-9-10-39(23)36/h3-4,11-13,17,30,35H,2,5-10,14-15H2,1H3,(H,31,32,33). The van der Waals surface area contributed by atoms with Gasteiger partial charge in [-0.25, -0.2) is 9.97 Å². The van der Waals surface area contributed by atoms with E-state index in [0.29, 0.717) is 41.1 Å². The van der Waals surface area contributed by atoms with Crippen molar-refractivity contribution in [1.29, 1.82) is 0 Å². The average molecular weight is 582 g/mol. The van der Waals surface area contributed by atoms with Crippen LogP contribution < -0.4 is 15.5 Å². The first-order chi connectivity index (χ1) is 18.8. The molecular weight excluding hydrogens is 551 g/mol. The molecule has 210 valence electrons. The molecule has 1 saturated heterocycles. The predicted molar refractivity (Wildman–Crippen MR) is 146 cm³/mol. The second-order valence-corrected chi connectivity index (χ2v) is 12.1. The Morgan fingerprint density at radius 1 is 1.31 bits per heavy atom. The lowest BCUT2D eigenvalue weighted by Crippen LogP contribution is -2.34. The number of anilines is 3. The van der Waals surface area contributed by atoms with Gasteiger partial charge in [0.2, 0.25) is 5.95 Å². The minimum absolute atomic E-state index is 0.0517. The van der Waals surface area contributed by atoms with E-state index in [0.717, 1.165) is 54.0 Å². The highest BCUT2D eigenvalue weighted by Gasteiger charge is 2.36. The monoisotopic (exact) mass is 581 g/mol. The summed E-state index contributed by atoms with van der Waals surface area (Å²) in [5.41, 5.74) is 1.58. The summed E-state index contributed by atoms with van der Waals surface area (Å²) >= 11 is 1.12. The summed E-state index contributed by atoms with van der Waals surface area (Å²) in [4.78, 5) is 12.0.